The molecule has 8 rings (SSSR count). The van der Waals surface area contributed by atoms with E-state index >= 15 is 4.79 Å². The highest BCUT2D eigenvalue weighted by molar-refractivity contribution is 7.79. The fraction of sp³-hybridized carbons (Fsp3) is 0.522. The number of carbonyl (C=O) groups is 6. The number of H-pyrrole nitrogens is 1. The second-order valence-electron chi connectivity index (χ2n) is 17.8. The SMILES string of the molecule is CCC(=O)[C@H](O)[C@@H]1CN(C=O)CCc2c([nH]c3ccccc23)[C@@](C(=O)OC)(c2cc3c(cc2OC)N(C=O)C2[C@]34CCN3CC=C[C@@](CC)([C@@H](OC(C)=O)[C@]2(O)C(=O)OC)[C@H]34)C1.O=S(=O)(O)O. The van der Waals surface area contributed by atoms with Gasteiger partial charge in [-0.1, -0.05) is 44.2 Å². The number of anilines is 1. The van der Waals surface area contributed by atoms with Crippen LogP contribution in [-0.4, -0.2) is 156 Å². The number of para-hydroxylation sites is 1. The topological polar surface area (TPSA) is 280 Å². The van der Waals surface area contributed by atoms with Crippen LogP contribution in [0.2, 0.25) is 0 Å². The van der Waals surface area contributed by atoms with Gasteiger partial charge < -0.3 is 43.9 Å². The molecule has 5 aliphatic rings. The summed E-state index contributed by atoms with van der Waals surface area (Å²) in [5, 5.41) is 25.9. The second kappa shape index (κ2) is 18.1. The largest absolute Gasteiger partial charge is 0.496 e. The van der Waals surface area contributed by atoms with Gasteiger partial charge in [-0.3, -0.25) is 38.0 Å². The summed E-state index contributed by atoms with van der Waals surface area (Å²) < 4.78 is 55.0. The number of aliphatic hydroxyl groups is 2. The van der Waals surface area contributed by atoms with Gasteiger partial charge >= 0.3 is 28.3 Å². The number of amides is 2. The number of fused-ring (bicyclic) bond motifs is 4. The van der Waals surface area contributed by atoms with Crippen molar-refractivity contribution < 1.29 is 75.5 Å². The van der Waals surface area contributed by atoms with Crippen LogP contribution in [-0.2, 0) is 70.6 Å². The van der Waals surface area contributed by atoms with Gasteiger partial charge in [0.2, 0.25) is 18.4 Å². The Balaban J connectivity index is 0.00000127. The van der Waals surface area contributed by atoms with Gasteiger partial charge in [0.1, 0.15) is 17.3 Å². The van der Waals surface area contributed by atoms with E-state index in [4.69, 9.17) is 36.5 Å². The number of aromatic amines is 1. The molecule has 3 aromatic rings. The van der Waals surface area contributed by atoms with Crippen LogP contribution < -0.4 is 9.64 Å². The fourth-order valence-corrected chi connectivity index (χ4v) is 12.5. The van der Waals surface area contributed by atoms with Crippen molar-refractivity contribution in [2.45, 2.75) is 93.6 Å². The summed E-state index contributed by atoms with van der Waals surface area (Å²) in [6, 6.07) is 8.97. The molecule has 9 atom stereocenters. The number of Topliss-reactive ketones (excluding diaryl/α,β-unsaturated/α-hetero) is 1. The number of methoxy groups -OCH3 is 3. The van der Waals surface area contributed by atoms with Crippen LogP contribution in [0.4, 0.5) is 5.69 Å². The highest BCUT2D eigenvalue weighted by atomic mass is 32.3. The predicted octanol–water partition coefficient (Wildman–Crippen LogP) is 1.82. The van der Waals surface area contributed by atoms with Crippen molar-refractivity contribution in [3.8, 4) is 5.75 Å². The summed E-state index contributed by atoms with van der Waals surface area (Å²) in [6.45, 7) is 5.83. The van der Waals surface area contributed by atoms with Crippen molar-refractivity contribution in [3.63, 3.8) is 0 Å². The van der Waals surface area contributed by atoms with E-state index in [0.717, 1.165) is 12.5 Å². The minimum atomic E-state index is -4.67. The molecule has 1 aliphatic carbocycles. The number of hydrogen-bond acceptors (Lipinski definition) is 15. The standard InChI is InChI=1S/C46H54N4O12.H2O4S/c1-7-34(54)36(55)27-22-45(41(56)60-5,37-29(14-18-48(23-27)24-51)28-12-9-10-13-32(28)47-37)31-20-30-33(21-35(31)59-4)50(25-52)39-44(30)16-19-49-17-11-15-43(8-2,38(44)49)40(62-26(3)53)46(39,58)42(57)61-6;1-5(2,3)4/h9-13,15,20-21,24-25,27,36,38-40,47,55,58H,7-8,14,16-19,22-23H2,1-6H3;(H2,1,2,3,4)/t27-,36+,38-,39?,40+,43+,44+,45-,46-;/m0./s1. The molecule has 0 radical (unpaired) electrons. The lowest BCUT2D eigenvalue weighted by molar-refractivity contribution is -0.228. The molecular formula is C46H56N4O16S. The number of nitrogens with one attached hydrogen (secondary N) is 1. The van der Waals surface area contributed by atoms with Crippen molar-refractivity contribution in [1.82, 2.24) is 14.8 Å². The zero-order valence-electron chi connectivity index (χ0n) is 38.0. The van der Waals surface area contributed by atoms with E-state index in [2.05, 4.69) is 9.88 Å². The normalized spacial score (nSPS) is 30.1. The van der Waals surface area contributed by atoms with Gasteiger partial charge in [-0.15, -0.1) is 0 Å². The molecule has 0 bridgehead atoms. The summed E-state index contributed by atoms with van der Waals surface area (Å²) in [7, 11) is -0.867. The summed E-state index contributed by atoms with van der Waals surface area (Å²) in [5.41, 5.74) is -4.04. The van der Waals surface area contributed by atoms with E-state index < -0.39 is 86.1 Å². The number of carbonyl (C=O) groups excluding carboxylic acids is 6. The number of ketones is 1. The van der Waals surface area contributed by atoms with Crippen molar-refractivity contribution in [2.24, 2.45) is 11.3 Å². The molecule has 2 amide bonds. The molecular weight excluding hydrogens is 897 g/mol. The van der Waals surface area contributed by atoms with E-state index in [9.17, 15) is 34.2 Å². The highest BCUT2D eigenvalue weighted by Gasteiger charge is 2.81. The average Bonchev–Trinajstić information content (AvgIpc) is 3.99. The lowest BCUT2D eigenvalue weighted by atomic mass is 9.47. The lowest BCUT2D eigenvalue weighted by Gasteiger charge is -2.63. The van der Waals surface area contributed by atoms with Crippen LogP contribution in [0, 0.1) is 11.3 Å². The Morgan fingerprint density at radius 3 is 2.25 bits per heavy atom. The molecule has 5 heterocycles. The second-order valence-corrected chi connectivity index (χ2v) is 18.7. The molecule has 20 nitrogen and oxygen atoms in total. The number of rotatable bonds is 11. The quantitative estimate of drug-likeness (QED) is 0.0603. The Bertz CT molecular complexity index is 2630. The Hall–Kier alpha value is -5.71. The molecule has 4 aliphatic heterocycles. The summed E-state index contributed by atoms with van der Waals surface area (Å²) in [4.78, 5) is 91.1. The number of benzene rings is 2. The molecule has 5 N–H and O–H groups in total. The van der Waals surface area contributed by atoms with Crippen LogP contribution in [0.15, 0.2) is 48.6 Å². The monoisotopic (exact) mass is 952 g/mol. The fourth-order valence-electron chi connectivity index (χ4n) is 12.5. The summed E-state index contributed by atoms with van der Waals surface area (Å²) in [6.07, 6.45) is 2.66. The molecule has 1 saturated carbocycles. The summed E-state index contributed by atoms with van der Waals surface area (Å²) >= 11 is 0. The smallest absolute Gasteiger partial charge is 0.394 e. The van der Waals surface area contributed by atoms with Crippen molar-refractivity contribution in [3.05, 3.63) is 70.9 Å². The van der Waals surface area contributed by atoms with E-state index in [1.807, 2.05) is 43.3 Å². The van der Waals surface area contributed by atoms with E-state index in [-0.39, 0.29) is 43.7 Å². The van der Waals surface area contributed by atoms with Crippen molar-refractivity contribution in [2.75, 3.05) is 52.4 Å². The maximum absolute atomic E-state index is 15.3. The highest BCUT2D eigenvalue weighted by Crippen LogP contribution is 2.68. The molecule has 2 fully saturated rings. The third kappa shape index (κ3) is 7.50. The number of aromatic nitrogens is 1. The Morgan fingerprint density at radius 1 is 0.970 bits per heavy atom. The predicted molar refractivity (Wildman–Crippen MR) is 237 cm³/mol. The van der Waals surface area contributed by atoms with Gasteiger partial charge in [-0.05, 0) is 55.5 Å². The average molecular weight is 953 g/mol. The van der Waals surface area contributed by atoms with Gasteiger partial charge in [-0.25, -0.2) is 4.79 Å². The molecule has 1 saturated heterocycles. The van der Waals surface area contributed by atoms with Gasteiger partial charge in [0.25, 0.3) is 0 Å². The Kier molecular flexibility index (Phi) is 13.3. The van der Waals surface area contributed by atoms with Gasteiger partial charge in [0.05, 0.1) is 33.1 Å². The third-order valence-corrected chi connectivity index (χ3v) is 14.8. The van der Waals surface area contributed by atoms with Crippen LogP contribution in [0.3, 0.4) is 0 Å². The van der Waals surface area contributed by atoms with Crippen LogP contribution in [0.1, 0.15) is 68.8 Å². The van der Waals surface area contributed by atoms with Crippen molar-refractivity contribution >= 4 is 63.5 Å². The first-order valence-corrected chi connectivity index (χ1v) is 23.3. The van der Waals surface area contributed by atoms with Gasteiger partial charge in [-0.2, -0.15) is 8.42 Å². The zero-order chi connectivity index (χ0) is 49.0. The molecule has 21 heteroatoms. The Labute approximate surface area is 386 Å². The minimum absolute atomic E-state index is 0.00181. The van der Waals surface area contributed by atoms with Gasteiger partial charge in [0, 0.05) is 84.0 Å². The lowest BCUT2D eigenvalue weighted by Crippen LogP contribution is -2.81. The molecule has 1 unspecified atom stereocenters. The van der Waals surface area contributed by atoms with E-state index in [1.54, 1.807) is 19.1 Å². The Morgan fingerprint density at radius 2 is 1.66 bits per heavy atom. The molecule has 2 aromatic carbocycles. The number of esters is 3. The van der Waals surface area contributed by atoms with Crippen LogP contribution in [0.5, 0.6) is 5.75 Å². The number of aliphatic hydroxyl groups excluding tert-OH is 1. The molecule has 1 spiro atoms. The zero-order valence-corrected chi connectivity index (χ0v) is 38.8. The number of hydrogen-bond donors (Lipinski definition) is 5. The van der Waals surface area contributed by atoms with Crippen LogP contribution in [0.25, 0.3) is 10.9 Å². The number of ether oxygens (including phenoxy) is 4. The van der Waals surface area contributed by atoms with Gasteiger partial charge in [0.15, 0.2) is 11.9 Å². The first-order valence-electron chi connectivity index (χ1n) is 21.9. The van der Waals surface area contributed by atoms with Crippen molar-refractivity contribution in [1.29, 1.82) is 0 Å². The first kappa shape index (κ1) is 49.2. The maximum Gasteiger partial charge on any atom is 0.394 e. The van der Waals surface area contributed by atoms with E-state index in [0.29, 0.717) is 66.8 Å². The first-order chi connectivity index (χ1) is 31.7. The molecule has 1 aromatic heterocycles. The molecule has 362 valence electrons. The minimum Gasteiger partial charge on any atom is -0.496 e. The maximum atomic E-state index is 15.3. The summed E-state index contributed by atoms with van der Waals surface area (Å²) in [5.74, 6) is -3.92. The third-order valence-electron chi connectivity index (χ3n) is 14.8. The number of nitrogens with zero attached hydrogens (tertiary/aromatic N) is 3. The van der Waals surface area contributed by atoms with E-state index in [1.165, 1.54) is 30.9 Å². The van der Waals surface area contributed by atoms with Crippen LogP contribution >= 0.6 is 0 Å². The molecule has 67 heavy (non-hydrogen) atoms.